The summed E-state index contributed by atoms with van der Waals surface area (Å²) in [4.78, 5) is 0. The molecule has 8 heteroatoms. The Morgan fingerprint density at radius 1 is 1.05 bits per heavy atom. The van der Waals surface area contributed by atoms with Gasteiger partial charge in [0.15, 0.2) is 5.41 Å². The van der Waals surface area contributed by atoms with E-state index in [4.69, 9.17) is 14.9 Å². The number of hydrogen-bond acceptors (Lipinski definition) is 5. The zero-order valence-corrected chi connectivity index (χ0v) is 12.0. The molecule has 1 rings (SSSR count). The molecule has 114 valence electrons. The lowest BCUT2D eigenvalue weighted by Crippen LogP contribution is -2.23. The standard InChI is InChI=1S/C13H15F3N4O/c1-11(2,3)10-20-19-9(21-10)6-12(7-17,8-18)4-5-13(14,15)16/h4-6H2,1-3H3. The van der Waals surface area contributed by atoms with E-state index in [-0.39, 0.29) is 12.3 Å². The zero-order valence-electron chi connectivity index (χ0n) is 12.0. The molecule has 0 aliphatic carbocycles. The summed E-state index contributed by atoms with van der Waals surface area (Å²) < 4.78 is 42.2. The average Bonchev–Trinajstić information content (AvgIpc) is 2.82. The van der Waals surface area contributed by atoms with Crippen molar-refractivity contribution in [2.24, 2.45) is 5.41 Å². The van der Waals surface area contributed by atoms with Crippen LogP contribution in [0.5, 0.6) is 0 Å². The van der Waals surface area contributed by atoms with Gasteiger partial charge in [-0.15, -0.1) is 10.2 Å². The Labute approximate surface area is 120 Å². The Balaban J connectivity index is 2.92. The maximum absolute atomic E-state index is 12.3. The second-order valence-electron chi connectivity index (χ2n) is 5.85. The number of nitriles is 2. The van der Waals surface area contributed by atoms with Crippen molar-refractivity contribution < 1.29 is 17.6 Å². The van der Waals surface area contributed by atoms with E-state index in [0.717, 1.165) is 0 Å². The summed E-state index contributed by atoms with van der Waals surface area (Å²) in [5.74, 6) is 0.295. The van der Waals surface area contributed by atoms with Crippen molar-refractivity contribution in [3.63, 3.8) is 0 Å². The van der Waals surface area contributed by atoms with Crippen LogP contribution in [0.15, 0.2) is 4.42 Å². The highest BCUT2D eigenvalue weighted by atomic mass is 19.4. The van der Waals surface area contributed by atoms with Gasteiger partial charge in [-0.05, 0) is 6.42 Å². The SMILES string of the molecule is CC(C)(C)c1nnc(CC(C#N)(C#N)CCC(F)(F)F)o1. The molecular formula is C13H15F3N4O. The van der Waals surface area contributed by atoms with Crippen molar-refractivity contribution in [3.05, 3.63) is 11.8 Å². The smallest absolute Gasteiger partial charge is 0.389 e. The van der Waals surface area contributed by atoms with Gasteiger partial charge in [0.05, 0.1) is 18.6 Å². The molecule has 21 heavy (non-hydrogen) atoms. The molecule has 0 atom stereocenters. The molecule has 0 fully saturated rings. The van der Waals surface area contributed by atoms with Gasteiger partial charge in [-0.25, -0.2) is 0 Å². The maximum Gasteiger partial charge on any atom is 0.389 e. The molecule has 1 aromatic rings. The highest BCUT2D eigenvalue weighted by molar-refractivity contribution is 5.16. The number of halogens is 3. The van der Waals surface area contributed by atoms with Crippen LogP contribution in [0.4, 0.5) is 13.2 Å². The summed E-state index contributed by atoms with van der Waals surface area (Å²) in [5, 5.41) is 25.6. The van der Waals surface area contributed by atoms with Gasteiger partial charge in [0, 0.05) is 11.8 Å². The number of hydrogen-bond donors (Lipinski definition) is 0. The minimum absolute atomic E-state index is 0.00907. The molecule has 0 spiro atoms. The molecule has 0 amide bonds. The van der Waals surface area contributed by atoms with Crippen LogP contribution >= 0.6 is 0 Å². The molecule has 1 aromatic heterocycles. The van der Waals surface area contributed by atoms with E-state index >= 15 is 0 Å². The predicted octanol–water partition coefficient (Wildman–Crippen LogP) is 3.29. The van der Waals surface area contributed by atoms with Gasteiger partial charge in [0.1, 0.15) is 0 Å². The fraction of sp³-hybridized carbons (Fsp3) is 0.692. The first-order valence-corrected chi connectivity index (χ1v) is 6.23. The topological polar surface area (TPSA) is 86.5 Å². The molecular weight excluding hydrogens is 285 g/mol. The van der Waals surface area contributed by atoms with Crippen molar-refractivity contribution in [1.29, 1.82) is 10.5 Å². The Morgan fingerprint density at radius 3 is 2.00 bits per heavy atom. The molecule has 5 nitrogen and oxygen atoms in total. The molecule has 0 N–H and O–H groups in total. The average molecular weight is 300 g/mol. The van der Waals surface area contributed by atoms with Crippen LogP contribution in [0.2, 0.25) is 0 Å². The molecule has 0 saturated carbocycles. The van der Waals surface area contributed by atoms with Crippen LogP contribution < -0.4 is 0 Å². The minimum Gasteiger partial charge on any atom is -0.425 e. The van der Waals surface area contributed by atoms with Gasteiger partial charge in [-0.1, -0.05) is 20.8 Å². The van der Waals surface area contributed by atoms with Gasteiger partial charge in [-0.3, -0.25) is 0 Å². The third kappa shape index (κ3) is 4.75. The van der Waals surface area contributed by atoms with E-state index < -0.39 is 29.8 Å². The van der Waals surface area contributed by atoms with Gasteiger partial charge >= 0.3 is 6.18 Å². The molecule has 0 radical (unpaired) electrons. The normalized spacial score (nSPS) is 12.8. The predicted molar refractivity (Wildman–Crippen MR) is 65.7 cm³/mol. The van der Waals surface area contributed by atoms with Gasteiger partial charge < -0.3 is 4.42 Å². The first-order valence-electron chi connectivity index (χ1n) is 6.23. The van der Waals surface area contributed by atoms with Crippen LogP contribution in [-0.2, 0) is 11.8 Å². The van der Waals surface area contributed by atoms with Crippen LogP contribution in [0.25, 0.3) is 0 Å². The van der Waals surface area contributed by atoms with Crippen LogP contribution in [0.3, 0.4) is 0 Å². The summed E-state index contributed by atoms with van der Waals surface area (Å²) in [6.07, 6.45) is -6.59. The van der Waals surface area contributed by atoms with Gasteiger partial charge in [-0.2, -0.15) is 23.7 Å². The fourth-order valence-electron chi connectivity index (χ4n) is 1.55. The lowest BCUT2D eigenvalue weighted by molar-refractivity contribution is -0.138. The zero-order chi connectivity index (χ0) is 16.3. The van der Waals surface area contributed by atoms with E-state index in [1.807, 2.05) is 20.8 Å². The third-order valence-electron chi connectivity index (χ3n) is 2.82. The molecule has 0 aliphatic rings. The van der Waals surface area contributed by atoms with E-state index in [2.05, 4.69) is 10.2 Å². The second-order valence-corrected chi connectivity index (χ2v) is 5.85. The van der Waals surface area contributed by atoms with E-state index in [1.54, 1.807) is 12.1 Å². The van der Waals surface area contributed by atoms with Crippen molar-refractivity contribution in [2.75, 3.05) is 0 Å². The minimum atomic E-state index is -4.43. The number of rotatable bonds is 4. The molecule has 0 aromatic carbocycles. The molecule has 0 aliphatic heterocycles. The lowest BCUT2D eigenvalue weighted by Gasteiger charge is -2.17. The maximum atomic E-state index is 12.3. The second kappa shape index (κ2) is 5.72. The van der Waals surface area contributed by atoms with Crippen molar-refractivity contribution in [1.82, 2.24) is 10.2 Å². The van der Waals surface area contributed by atoms with E-state index in [1.165, 1.54) is 0 Å². The molecule has 0 saturated heterocycles. The number of aromatic nitrogens is 2. The van der Waals surface area contributed by atoms with E-state index in [0.29, 0.717) is 5.89 Å². The van der Waals surface area contributed by atoms with Gasteiger partial charge in [0.2, 0.25) is 11.8 Å². The summed E-state index contributed by atoms with van der Waals surface area (Å²) in [6, 6.07) is 3.29. The Kier molecular flexibility index (Phi) is 4.62. The first-order chi connectivity index (χ1) is 9.51. The summed E-state index contributed by atoms with van der Waals surface area (Å²) in [5.41, 5.74) is -2.24. The first kappa shape index (κ1) is 17.0. The lowest BCUT2D eigenvalue weighted by atomic mass is 9.83. The van der Waals surface area contributed by atoms with E-state index in [9.17, 15) is 13.2 Å². The van der Waals surface area contributed by atoms with Crippen LogP contribution in [0, 0.1) is 28.1 Å². The number of nitrogens with zero attached hydrogens (tertiary/aromatic N) is 4. The highest BCUT2D eigenvalue weighted by Crippen LogP contribution is 2.33. The Bertz CT molecular complexity index is 558. The molecule has 1 heterocycles. The summed E-state index contributed by atoms with van der Waals surface area (Å²) >= 11 is 0. The van der Waals surface area contributed by atoms with Crippen LogP contribution in [-0.4, -0.2) is 16.4 Å². The van der Waals surface area contributed by atoms with Crippen molar-refractivity contribution >= 4 is 0 Å². The molecule has 0 bridgehead atoms. The fourth-order valence-corrected chi connectivity index (χ4v) is 1.55. The van der Waals surface area contributed by atoms with Crippen molar-refractivity contribution in [3.8, 4) is 12.1 Å². The monoisotopic (exact) mass is 300 g/mol. The summed E-state index contributed by atoms with van der Waals surface area (Å²) in [7, 11) is 0. The molecule has 0 unspecified atom stereocenters. The third-order valence-corrected chi connectivity index (χ3v) is 2.82. The summed E-state index contributed by atoms with van der Waals surface area (Å²) in [6.45, 7) is 5.49. The number of alkyl halides is 3. The highest BCUT2D eigenvalue weighted by Gasteiger charge is 2.38. The Hall–Kier alpha value is -2.09. The largest absolute Gasteiger partial charge is 0.425 e. The van der Waals surface area contributed by atoms with Gasteiger partial charge in [0.25, 0.3) is 0 Å². The quantitative estimate of drug-likeness (QED) is 0.851. The van der Waals surface area contributed by atoms with Crippen molar-refractivity contribution in [2.45, 2.75) is 51.6 Å². The van der Waals surface area contributed by atoms with Crippen LogP contribution in [0.1, 0.15) is 45.4 Å². The Morgan fingerprint density at radius 2 is 1.62 bits per heavy atom.